The molecule has 0 fully saturated rings. The summed E-state index contributed by atoms with van der Waals surface area (Å²) in [5.41, 5.74) is 12.0. The lowest BCUT2D eigenvalue weighted by Gasteiger charge is -2.19. The van der Waals surface area contributed by atoms with Gasteiger partial charge in [0, 0.05) is 5.56 Å². The van der Waals surface area contributed by atoms with Crippen molar-refractivity contribution in [2.24, 2.45) is 11.5 Å². The van der Waals surface area contributed by atoms with Gasteiger partial charge in [-0.05, 0) is 18.5 Å². The predicted octanol–water partition coefficient (Wildman–Crippen LogP) is 0.0639. The Morgan fingerprint density at radius 1 is 1.31 bits per heavy atom. The Morgan fingerprint density at radius 2 is 1.94 bits per heavy atom. The maximum absolute atomic E-state index is 9.93. The minimum absolute atomic E-state index is 0.203. The molecule has 0 radical (unpaired) electrons. The Balaban J connectivity index is 2.98. The van der Waals surface area contributed by atoms with E-state index in [0.717, 1.165) is 0 Å². The zero-order chi connectivity index (χ0) is 12.1. The maximum atomic E-state index is 9.93. The summed E-state index contributed by atoms with van der Waals surface area (Å²) in [7, 11) is 0. The van der Waals surface area contributed by atoms with Crippen LogP contribution in [0.3, 0.4) is 0 Å². The highest BCUT2D eigenvalue weighted by Crippen LogP contribution is 2.22. The van der Waals surface area contributed by atoms with Gasteiger partial charge >= 0.3 is 0 Å². The van der Waals surface area contributed by atoms with Gasteiger partial charge in [-0.15, -0.1) is 0 Å². The fourth-order valence-electron chi connectivity index (χ4n) is 1.52. The molecule has 0 spiro atoms. The van der Waals surface area contributed by atoms with Gasteiger partial charge < -0.3 is 21.7 Å². The lowest BCUT2D eigenvalue weighted by Crippen LogP contribution is -2.24. The summed E-state index contributed by atoms with van der Waals surface area (Å²) >= 11 is 4.88. The standard InChI is InChI=1S/C11H16N2O2S/c12-6-5-9(14)10(15)7-3-1-2-4-8(7)11(13)16/h1-4,9-10,14-15H,5-6,12H2,(H2,13,16). The van der Waals surface area contributed by atoms with Gasteiger partial charge in [-0.2, -0.15) is 0 Å². The van der Waals surface area contributed by atoms with Crippen LogP contribution >= 0.6 is 12.2 Å². The number of hydrogen-bond donors (Lipinski definition) is 4. The molecule has 0 bridgehead atoms. The van der Waals surface area contributed by atoms with E-state index in [1.807, 2.05) is 0 Å². The first-order valence-corrected chi connectivity index (χ1v) is 5.43. The second kappa shape index (κ2) is 5.91. The van der Waals surface area contributed by atoms with Crippen LogP contribution in [-0.4, -0.2) is 27.9 Å². The Morgan fingerprint density at radius 3 is 2.50 bits per heavy atom. The third-order valence-electron chi connectivity index (χ3n) is 2.37. The molecule has 6 N–H and O–H groups in total. The number of benzene rings is 1. The average molecular weight is 240 g/mol. The van der Waals surface area contributed by atoms with Crippen molar-refractivity contribution in [3.05, 3.63) is 35.4 Å². The second-order valence-electron chi connectivity index (χ2n) is 3.54. The van der Waals surface area contributed by atoms with E-state index in [1.165, 1.54) is 0 Å². The molecule has 0 aliphatic carbocycles. The molecule has 0 aliphatic heterocycles. The average Bonchev–Trinajstić information content (AvgIpc) is 2.28. The molecule has 0 amide bonds. The molecule has 0 saturated carbocycles. The summed E-state index contributed by atoms with van der Waals surface area (Å²) in [4.78, 5) is 0.203. The van der Waals surface area contributed by atoms with Gasteiger partial charge in [-0.1, -0.05) is 36.5 Å². The zero-order valence-corrected chi connectivity index (χ0v) is 9.65. The summed E-state index contributed by atoms with van der Waals surface area (Å²) < 4.78 is 0. The van der Waals surface area contributed by atoms with Crippen molar-refractivity contribution in [2.45, 2.75) is 18.6 Å². The van der Waals surface area contributed by atoms with E-state index in [4.69, 9.17) is 23.7 Å². The van der Waals surface area contributed by atoms with Crippen molar-refractivity contribution in [2.75, 3.05) is 6.54 Å². The van der Waals surface area contributed by atoms with E-state index in [-0.39, 0.29) is 4.99 Å². The summed E-state index contributed by atoms with van der Waals surface area (Å²) in [6.45, 7) is 0.313. The van der Waals surface area contributed by atoms with Gasteiger partial charge in [0.1, 0.15) is 11.1 Å². The van der Waals surface area contributed by atoms with Crippen LogP contribution in [0.25, 0.3) is 0 Å². The molecule has 1 aromatic carbocycles. The molecule has 88 valence electrons. The number of aliphatic hydroxyl groups is 2. The number of nitrogens with two attached hydrogens (primary N) is 2. The third kappa shape index (κ3) is 2.99. The van der Waals surface area contributed by atoms with Crippen molar-refractivity contribution in [1.29, 1.82) is 0 Å². The SMILES string of the molecule is NCCC(O)C(O)c1ccccc1C(N)=S. The van der Waals surface area contributed by atoms with Gasteiger partial charge in [0.15, 0.2) is 0 Å². The number of hydrogen-bond acceptors (Lipinski definition) is 4. The number of aliphatic hydroxyl groups excluding tert-OH is 2. The molecule has 2 atom stereocenters. The lowest BCUT2D eigenvalue weighted by atomic mass is 9.97. The van der Waals surface area contributed by atoms with E-state index in [0.29, 0.717) is 24.1 Å². The van der Waals surface area contributed by atoms with Gasteiger partial charge in [0.25, 0.3) is 0 Å². The van der Waals surface area contributed by atoms with Gasteiger partial charge in [-0.25, -0.2) is 0 Å². The van der Waals surface area contributed by atoms with E-state index in [2.05, 4.69) is 0 Å². The monoisotopic (exact) mass is 240 g/mol. The van der Waals surface area contributed by atoms with Crippen LogP contribution in [0.5, 0.6) is 0 Å². The number of rotatable bonds is 5. The minimum atomic E-state index is -1.01. The van der Waals surface area contributed by atoms with Gasteiger partial charge in [0.2, 0.25) is 0 Å². The molecule has 0 aliphatic rings. The molecule has 5 heteroatoms. The first-order valence-electron chi connectivity index (χ1n) is 5.03. The van der Waals surface area contributed by atoms with E-state index >= 15 is 0 Å². The van der Waals surface area contributed by atoms with Crippen LogP contribution in [0.2, 0.25) is 0 Å². The smallest absolute Gasteiger partial charge is 0.106 e. The Kier molecular flexibility index (Phi) is 4.82. The van der Waals surface area contributed by atoms with Crippen LogP contribution in [0, 0.1) is 0 Å². The molecule has 0 heterocycles. The molecule has 4 nitrogen and oxygen atoms in total. The van der Waals surface area contributed by atoms with Crippen LogP contribution in [-0.2, 0) is 0 Å². The molecular weight excluding hydrogens is 224 g/mol. The van der Waals surface area contributed by atoms with Gasteiger partial charge in [0.05, 0.1) is 6.10 Å². The minimum Gasteiger partial charge on any atom is -0.390 e. The van der Waals surface area contributed by atoms with E-state index in [9.17, 15) is 10.2 Å². The van der Waals surface area contributed by atoms with Crippen LogP contribution in [0.15, 0.2) is 24.3 Å². The predicted molar refractivity (Wildman–Crippen MR) is 67.0 cm³/mol. The molecule has 0 saturated heterocycles. The first-order chi connectivity index (χ1) is 7.57. The highest BCUT2D eigenvalue weighted by atomic mass is 32.1. The zero-order valence-electron chi connectivity index (χ0n) is 8.84. The summed E-state index contributed by atoms with van der Waals surface area (Å²) in [5.74, 6) is 0. The Hall–Kier alpha value is -1.01. The van der Waals surface area contributed by atoms with Crippen molar-refractivity contribution in [3.8, 4) is 0 Å². The van der Waals surface area contributed by atoms with Crippen LogP contribution in [0.1, 0.15) is 23.7 Å². The largest absolute Gasteiger partial charge is 0.390 e. The summed E-state index contributed by atoms with van der Waals surface area (Å²) in [6, 6.07) is 6.95. The quantitative estimate of drug-likeness (QED) is 0.546. The maximum Gasteiger partial charge on any atom is 0.106 e. The van der Waals surface area contributed by atoms with Crippen molar-refractivity contribution in [3.63, 3.8) is 0 Å². The molecule has 16 heavy (non-hydrogen) atoms. The molecular formula is C11H16N2O2S. The molecule has 1 rings (SSSR count). The van der Waals surface area contributed by atoms with Crippen LogP contribution in [0.4, 0.5) is 0 Å². The van der Waals surface area contributed by atoms with Crippen molar-refractivity contribution < 1.29 is 10.2 Å². The van der Waals surface area contributed by atoms with E-state index in [1.54, 1.807) is 24.3 Å². The first kappa shape index (κ1) is 13.1. The highest BCUT2D eigenvalue weighted by Gasteiger charge is 2.20. The lowest BCUT2D eigenvalue weighted by molar-refractivity contribution is 0.0149. The second-order valence-corrected chi connectivity index (χ2v) is 3.98. The van der Waals surface area contributed by atoms with E-state index < -0.39 is 12.2 Å². The molecule has 2 unspecified atom stereocenters. The molecule has 0 aromatic heterocycles. The van der Waals surface area contributed by atoms with Crippen molar-refractivity contribution in [1.82, 2.24) is 0 Å². The van der Waals surface area contributed by atoms with Crippen LogP contribution < -0.4 is 11.5 Å². The third-order valence-corrected chi connectivity index (χ3v) is 2.59. The Labute approximate surface area is 99.9 Å². The highest BCUT2D eigenvalue weighted by molar-refractivity contribution is 7.80. The summed E-state index contributed by atoms with van der Waals surface area (Å²) in [5, 5.41) is 19.6. The van der Waals surface area contributed by atoms with Crippen molar-refractivity contribution >= 4 is 17.2 Å². The molecule has 1 aromatic rings. The van der Waals surface area contributed by atoms with Gasteiger partial charge in [-0.3, -0.25) is 0 Å². The fraction of sp³-hybridized carbons (Fsp3) is 0.364. The topological polar surface area (TPSA) is 92.5 Å². The number of thiocarbonyl (C=S) groups is 1. The fourth-order valence-corrected chi connectivity index (χ4v) is 1.70. The summed E-state index contributed by atoms with van der Waals surface area (Å²) in [6.07, 6.45) is -1.59. The normalized spacial score (nSPS) is 14.4. The Bertz CT molecular complexity index is 371.